The van der Waals surface area contributed by atoms with Gasteiger partial charge in [-0.15, -0.1) is 0 Å². The summed E-state index contributed by atoms with van der Waals surface area (Å²) >= 11 is 9.62. The molecular weight excluding hydrogens is 292 g/mol. The average molecular weight is 296 g/mol. The molecule has 0 heterocycles. The van der Waals surface area contributed by atoms with E-state index in [2.05, 4.69) is 59.6 Å². The fourth-order valence-corrected chi connectivity index (χ4v) is 0.601. The molecule has 43 valence electrons. The van der Waals surface area contributed by atoms with Crippen LogP contribution in [-0.2, 0) is 4.74 Å². The predicted octanol–water partition coefficient (Wildman–Crippen LogP) is 2.63. The summed E-state index contributed by atoms with van der Waals surface area (Å²) in [6.07, 6.45) is 0. The quantitative estimate of drug-likeness (QED) is 0.676. The third-order valence-electron chi connectivity index (χ3n) is 0.266. The Labute approximate surface area is 68.2 Å². The number of hydrogen-bond acceptors (Lipinski definition) is 1. The molecular formula is C3H4Br3O. The van der Waals surface area contributed by atoms with Crippen LogP contribution in [0, 0.1) is 7.11 Å². The van der Waals surface area contributed by atoms with Crippen LogP contribution < -0.4 is 0 Å². The monoisotopic (exact) mass is 293 g/mol. The number of halogens is 3. The molecule has 0 aliphatic rings. The Morgan fingerprint density at radius 1 is 1.43 bits per heavy atom. The van der Waals surface area contributed by atoms with Gasteiger partial charge in [0.1, 0.15) is 0 Å². The van der Waals surface area contributed by atoms with E-state index in [1.807, 2.05) is 0 Å². The van der Waals surface area contributed by atoms with E-state index in [1.165, 1.54) is 0 Å². The molecule has 0 aromatic heterocycles. The van der Waals surface area contributed by atoms with Gasteiger partial charge in [-0.25, -0.2) is 0 Å². The second-order valence-electron chi connectivity index (χ2n) is 0.964. The Bertz CT molecular complexity index is 48.6. The van der Waals surface area contributed by atoms with Gasteiger partial charge in [-0.2, -0.15) is 0 Å². The van der Waals surface area contributed by atoms with Crippen molar-refractivity contribution in [2.45, 2.75) is 2.14 Å². The second kappa shape index (κ2) is 3.43. The van der Waals surface area contributed by atoms with Gasteiger partial charge in [0, 0.05) is 0 Å². The molecule has 0 fully saturated rings. The van der Waals surface area contributed by atoms with Crippen LogP contribution >= 0.6 is 47.8 Å². The van der Waals surface area contributed by atoms with Gasteiger partial charge in [-0.1, -0.05) is 47.8 Å². The van der Waals surface area contributed by atoms with Crippen molar-refractivity contribution >= 4 is 47.8 Å². The topological polar surface area (TPSA) is 9.23 Å². The summed E-state index contributed by atoms with van der Waals surface area (Å²) in [6.45, 7) is 0.479. The molecule has 7 heavy (non-hydrogen) atoms. The zero-order valence-corrected chi connectivity index (χ0v) is 8.21. The Kier molecular flexibility index (Phi) is 4.12. The zero-order valence-electron chi connectivity index (χ0n) is 3.46. The van der Waals surface area contributed by atoms with Crippen molar-refractivity contribution in [3.63, 3.8) is 0 Å². The number of rotatable bonds is 1. The zero-order chi connectivity index (χ0) is 5.91. The van der Waals surface area contributed by atoms with E-state index < -0.39 is 0 Å². The van der Waals surface area contributed by atoms with E-state index in [4.69, 9.17) is 0 Å². The van der Waals surface area contributed by atoms with Gasteiger partial charge in [-0.05, 0) is 0 Å². The largest absolute Gasteiger partial charge is 0.376 e. The Balaban J connectivity index is 3.15. The van der Waals surface area contributed by atoms with Crippen molar-refractivity contribution in [2.75, 3.05) is 6.61 Å². The molecule has 1 nitrogen and oxygen atoms in total. The average Bonchev–Trinajstić information content (AvgIpc) is 1.30. The highest BCUT2D eigenvalue weighted by Crippen LogP contribution is 2.33. The van der Waals surface area contributed by atoms with Crippen LogP contribution in [0.5, 0.6) is 0 Å². The first-order valence-corrected chi connectivity index (χ1v) is 3.88. The fraction of sp³-hybridized carbons (Fsp3) is 0.667. The van der Waals surface area contributed by atoms with E-state index >= 15 is 0 Å². The van der Waals surface area contributed by atoms with Gasteiger partial charge in [0.25, 0.3) is 0 Å². The maximum Gasteiger partial charge on any atom is 0.158 e. The molecule has 0 spiro atoms. The number of ether oxygens (including phenoxy) is 1. The Hall–Kier alpha value is 1.40. The third-order valence-corrected chi connectivity index (χ3v) is 0.952. The lowest BCUT2D eigenvalue weighted by Crippen LogP contribution is -2.06. The van der Waals surface area contributed by atoms with Crippen LogP contribution in [0.3, 0.4) is 0 Å². The predicted molar refractivity (Wildman–Crippen MR) is 40.8 cm³/mol. The van der Waals surface area contributed by atoms with Crippen LogP contribution in [0.4, 0.5) is 0 Å². The van der Waals surface area contributed by atoms with E-state index in [9.17, 15) is 0 Å². The summed E-state index contributed by atoms with van der Waals surface area (Å²) < 4.78 is 4.22. The molecule has 0 rings (SSSR count). The SMILES string of the molecule is [CH2]OCC(Br)(Br)Br. The smallest absolute Gasteiger partial charge is 0.158 e. The number of alkyl halides is 3. The minimum absolute atomic E-state index is 0.297. The molecule has 0 saturated carbocycles. The summed E-state index contributed by atoms with van der Waals surface area (Å²) in [5, 5.41) is 0. The van der Waals surface area contributed by atoms with Crippen molar-refractivity contribution < 1.29 is 4.74 Å². The van der Waals surface area contributed by atoms with Gasteiger partial charge < -0.3 is 4.74 Å². The molecule has 0 amide bonds. The molecule has 0 aromatic rings. The van der Waals surface area contributed by atoms with Crippen LogP contribution in [0.1, 0.15) is 0 Å². The summed E-state index contributed by atoms with van der Waals surface area (Å²) in [7, 11) is 3.18. The fourth-order valence-electron chi connectivity index (χ4n) is 0.116. The summed E-state index contributed by atoms with van der Waals surface area (Å²) in [5.41, 5.74) is 0. The van der Waals surface area contributed by atoms with Crippen molar-refractivity contribution in [1.82, 2.24) is 0 Å². The first kappa shape index (κ1) is 8.40. The van der Waals surface area contributed by atoms with Gasteiger partial charge in [0.15, 0.2) is 2.14 Å². The molecule has 4 heteroatoms. The van der Waals surface area contributed by atoms with E-state index in [-0.39, 0.29) is 2.14 Å². The van der Waals surface area contributed by atoms with Crippen molar-refractivity contribution in [3.05, 3.63) is 7.11 Å². The van der Waals surface area contributed by atoms with Crippen LogP contribution in [-0.4, -0.2) is 8.75 Å². The van der Waals surface area contributed by atoms with Crippen molar-refractivity contribution in [3.8, 4) is 0 Å². The standard InChI is InChI=1S/C3H4Br3O/c1-7-2-3(4,5)6/h1-2H2. The van der Waals surface area contributed by atoms with Gasteiger partial charge in [0.05, 0.1) is 13.7 Å². The van der Waals surface area contributed by atoms with Crippen LogP contribution in [0.2, 0.25) is 0 Å². The van der Waals surface area contributed by atoms with Gasteiger partial charge >= 0.3 is 0 Å². The van der Waals surface area contributed by atoms with Gasteiger partial charge in [0.2, 0.25) is 0 Å². The third kappa shape index (κ3) is 7.40. The highest BCUT2D eigenvalue weighted by atomic mass is 80.0. The Morgan fingerprint density at radius 2 is 1.86 bits per heavy atom. The normalized spacial score (nSPS) is 12.0. The molecule has 0 unspecified atom stereocenters. The highest BCUT2D eigenvalue weighted by molar-refractivity contribution is 9.39. The molecule has 0 N–H and O–H groups in total. The lowest BCUT2D eigenvalue weighted by atomic mass is 10.9. The molecule has 0 atom stereocenters. The highest BCUT2D eigenvalue weighted by Gasteiger charge is 2.15. The maximum atomic E-state index is 4.52. The lowest BCUT2D eigenvalue weighted by molar-refractivity contribution is 0.257. The van der Waals surface area contributed by atoms with Crippen LogP contribution in [0.25, 0.3) is 0 Å². The molecule has 0 saturated heterocycles. The Morgan fingerprint density at radius 3 is 1.86 bits per heavy atom. The van der Waals surface area contributed by atoms with Crippen LogP contribution in [0.15, 0.2) is 0 Å². The first-order chi connectivity index (χ1) is 3.06. The maximum absolute atomic E-state index is 4.52. The molecule has 0 aliphatic carbocycles. The first-order valence-electron chi connectivity index (χ1n) is 1.50. The summed E-state index contributed by atoms with van der Waals surface area (Å²) in [6, 6.07) is 0. The van der Waals surface area contributed by atoms with E-state index in [0.29, 0.717) is 6.61 Å². The number of hydrogen-bond donors (Lipinski definition) is 0. The van der Waals surface area contributed by atoms with E-state index in [0.717, 1.165) is 0 Å². The van der Waals surface area contributed by atoms with Gasteiger partial charge in [-0.3, -0.25) is 0 Å². The summed E-state index contributed by atoms with van der Waals surface area (Å²) in [4.78, 5) is 0. The summed E-state index contributed by atoms with van der Waals surface area (Å²) in [5.74, 6) is 0. The minimum atomic E-state index is -0.297. The molecule has 1 radical (unpaired) electrons. The second-order valence-corrected chi connectivity index (χ2v) is 8.22. The molecule has 0 aromatic carbocycles. The van der Waals surface area contributed by atoms with Crippen molar-refractivity contribution in [2.24, 2.45) is 0 Å². The molecule has 0 aliphatic heterocycles. The lowest BCUT2D eigenvalue weighted by Gasteiger charge is -2.07. The van der Waals surface area contributed by atoms with Crippen molar-refractivity contribution in [1.29, 1.82) is 0 Å². The minimum Gasteiger partial charge on any atom is -0.376 e. The van der Waals surface area contributed by atoms with E-state index in [1.54, 1.807) is 0 Å². The molecule has 0 bridgehead atoms.